The third kappa shape index (κ3) is 6.18. The molecule has 0 spiro atoms. The van der Waals surface area contributed by atoms with E-state index >= 15 is 0 Å². The summed E-state index contributed by atoms with van der Waals surface area (Å²) in [6.07, 6.45) is 0.749. The van der Waals surface area contributed by atoms with Crippen molar-refractivity contribution in [3.05, 3.63) is 24.3 Å². The third-order valence-electron chi connectivity index (χ3n) is 2.93. The Balaban J connectivity index is 2.76. The van der Waals surface area contributed by atoms with E-state index < -0.39 is 0 Å². The molecule has 21 heavy (non-hydrogen) atoms. The maximum Gasteiger partial charge on any atom is 0.228 e. The number of benzene rings is 1. The second-order valence-corrected chi connectivity index (χ2v) is 6.32. The molecule has 0 aliphatic rings. The summed E-state index contributed by atoms with van der Waals surface area (Å²) < 4.78 is 0. The van der Waals surface area contributed by atoms with Gasteiger partial charge in [-0.05, 0) is 24.5 Å². The van der Waals surface area contributed by atoms with Gasteiger partial charge in [0.2, 0.25) is 11.8 Å². The van der Waals surface area contributed by atoms with Crippen LogP contribution in [0.4, 0.5) is 5.69 Å². The number of carbonyl (C=O) groups excluding carboxylic acids is 2. The van der Waals surface area contributed by atoms with Crippen molar-refractivity contribution in [1.82, 2.24) is 0 Å². The predicted molar refractivity (Wildman–Crippen MR) is 87.0 cm³/mol. The molecule has 5 N–H and O–H groups in total. The first-order chi connectivity index (χ1) is 9.93. The number of rotatable bonds is 8. The molecule has 2 amide bonds. The molecule has 6 heteroatoms. The number of carbonyl (C=O) groups is 2. The maximum absolute atomic E-state index is 12.3. The number of hydrogen-bond acceptors (Lipinski definition) is 4. The second kappa shape index (κ2) is 8.69. The van der Waals surface area contributed by atoms with Crippen LogP contribution in [0.5, 0.6) is 0 Å². The monoisotopic (exact) mass is 309 g/mol. The molecule has 1 unspecified atom stereocenters. The van der Waals surface area contributed by atoms with Crippen molar-refractivity contribution in [3.63, 3.8) is 0 Å². The van der Waals surface area contributed by atoms with Crippen LogP contribution in [-0.4, -0.2) is 24.1 Å². The van der Waals surface area contributed by atoms with Gasteiger partial charge in [0.25, 0.3) is 0 Å². The number of anilines is 1. The van der Waals surface area contributed by atoms with Gasteiger partial charge >= 0.3 is 0 Å². The number of primary amides is 1. The highest BCUT2D eigenvalue weighted by Crippen LogP contribution is 2.27. The Morgan fingerprint density at radius 2 is 1.95 bits per heavy atom. The van der Waals surface area contributed by atoms with E-state index in [1.54, 1.807) is 0 Å². The van der Waals surface area contributed by atoms with Crippen molar-refractivity contribution < 1.29 is 9.59 Å². The van der Waals surface area contributed by atoms with Crippen LogP contribution in [0.1, 0.15) is 20.3 Å². The molecule has 0 saturated heterocycles. The first-order valence-corrected chi connectivity index (χ1v) is 7.93. The summed E-state index contributed by atoms with van der Waals surface area (Å²) in [6.45, 7) is 4.44. The molecule has 5 nitrogen and oxygen atoms in total. The number of hydrogen-bond donors (Lipinski definition) is 3. The fourth-order valence-corrected chi connectivity index (χ4v) is 2.71. The predicted octanol–water partition coefficient (Wildman–Crippen LogP) is 1.82. The van der Waals surface area contributed by atoms with Crippen LogP contribution >= 0.6 is 11.8 Å². The zero-order valence-electron chi connectivity index (χ0n) is 12.5. The quantitative estimate of drug-likeness (QED) is 0.638. The molecule has 0 saturated carbocycles. The van der Waals surface area contributed by atoms with Crippen LogP contribution < -0.4 is 16.8 Å². The Morgan fingerprint density at radius 3 is 2.52 bits per heavy atom. The highest BCUT2D eigenvalue weighted by Gasteiger charge is 2.19. The number of nitrogens with two attached hydrogens (primary N) is 2. The Hall–Kier alpha value is -1.53. The van der Waals surface area contributed by atoms with Crippen LogP contribution in [0.2, 0.25) is 0 Å². The molecule has 1 aromatic carbocycles. The van der Waals surface area contributed by atoms with E-state index in [2.05, 4.69) is 19.2 Å². The van der Waals surface area contributed by atoms with E-state index in [9.17, 15) is 9.59 Å². The normalized spacial score (nSPS) is 12.2. The first kappa shape index (κ1) is 17.5. The van der Waals surface area contributed by atoms with Crippen LogP contribution in [-0.2, 0) is 9.59 Å². The summed E-state index contributed by atoms with van der Waals surface area (Å²) in [5.41, 5.74) is 11.5. The topological polar surface area (TPSA) is 98.2 Å². The van der Waals surface area contributed by atoms with Gasteiger partial charge in [0.1, 0.15) is 0 Å². The Morgan fingerprint density at radius 1 is 1.29 bits per heavy atom. The zero-order chi connectivity index (χ0) is 15.8. The number of amides is 2. The lowest BCUT2D eigenvalue weighted by atomic mass is 9.96. The fraction of sp³-hybridized carbons (Fsp3) is 0.467. The first-order valence-electron chi connectivity index (χ1n) is 6.95. The zero-order valence-corrected chi connectivity index (χ0v) is 13.3. The van der Waals surface area contributed by atoms with Gasteiger partial charge in [0.05, 0.1) is 17.4 Å². The Kier molecular flexibility index (Phi) is 7.25. The molecule has 0 aromatic heterocycles. The van der Waals surface area contributed by atoms with E-state index in [0.29, 0.717) is 18.2 Å². The van der Waals surface area contributed by atoms with Gasteiger partial charge in [0.15, 0.2) is 0 Å². The summed E-state index contributed by atoms with van der Waals surface area (Å²) in [5, 5.41) is 2.90. The minimum Gasteiger partial charge on any atom is -0.369 e. The molecular weight excluding hydrogens is 286 g/mol. The number of nitrogens with one attached hydrogen (secondary N) is 1. The van der Waals surface area contributed by atoms with Crippen LogP contribution in [0.3, 0.4) is 0 Å². The second-order valence-electron chi connectivity index (χ2n) is 5.30. The van der Waals surface area contributed by atoms with Crippen molar-refractivity contribution >= 4 is 29.3 Å². The van der Waals surface area contributed by atoms with E-state index in [1.165, 1.54) is 11.8 Å². The average Bonchev–Trinajstić information content (AvgIpc) is 2.43. The minimum absolute atomic E-state index is 0.0849. The van der Waals surface area contributed by atoms with Gasteiger partial charge in [-0.25, -0.2) is 0 Å². The molecule has 0 aliphatic carbocycles. The average molecular weight is 309 g/mol. The summed E-state index contributed by atoms with van der Waals surface area (Å²) in [5.74, 6) is -0.0961. The van der Waals surface area contributed by atoms with Gasteiger partial charge < -0.3 is 16.8 Å². The van der Waals surface area contributed by atoms with Gasteiger partial charge in [-0.3, -0.25) is 9.59 Å². The molecule has 1 rings (SSSR count). The lowest BCUT2D eigenvalue weighted by molar-refractivity contribution is -0.120. The molecule has 1 atom stereocenters. The number of para-hydroxylation sites is 1. The molecule has 0 radical (unpaired) electrons. The summed E-state index contributed by atoms with van der Waals surface area (Å²) in [4.78, 5) is 24.0. The molecule has 0 bridgehead atoms. The van der Waals surface area contributed by atoms with E-state index in [-0.39, 0.29) is 23.5 Å². The van der Waals surface area contributed by atoms with Gasteiger partial charge in [-0.2, -0.15) is 0 Å². The lowest BCUT2D eigenvalue weighted by Crippen LogP contribution is -2.30. The van der Waals surface area contributed by atoms with Crippen molar-refractivity contribution in [2.45, 2.75) is 25.2 Å². The molecule has 0 heterocycles. The van der Waals surface area contributed by atoms with Crippen LogP contribution in [0, 0.1) is 11.8 Å². The third-order valence-corrected chi connectivity index (χ3v) is 4.02. The van der Waals surface area contributed by atoms with Gasteiger partial charge in [0, 0.05) is 11.4 Å². The largest absolute Gasteiger partial charge is 0.369 e. The maximum atomic E-state index is 12.3. The SMILES string of the molecule is CC(C)CC(CN)C(=O)Nc1ccccc1SCC(N)=O. The molecule has 0 fully saturated rings. The fourth-order valence-electron chi connectivity index (χ4n) is 1.96. The lowest BCUT2D eigenvalue weighted by Gasteiger charge is -2.18. The van der Waals surface area contributed by atoms with Crippen molar-refractivity contribution in [1.29, 1.82) is 0 Å². The van der Waals surface area contributed by atoms with E-state index in [4.69, 9.17) is 11.5 Å². The Bertz CT molecular complexity index is 492. The van der Waals surface area contributed by atoms with Crippen molar-refractivity contribution in [2.24, 2.45) is 23.3 Å². The summed E-state index contributed by atoms with van der Waals surface area (Å²) in [7, 11) is 0. The van der Waals surface area contributed by atoms with E-state index in [1.807, 2.05) is 24.3 Å². The smallest absolute Gasteiger partial charge is 0.228 e. The minimum atomic E-state index is -0.388. The van der Waals surface area contributed by atoms with Crippen LogP contribution in [0.25, 0.3) is 0 Å². The molecule has 116 valence electrons. The van der Waals surface area contributed by atoms with E-state index in [0.717, 1.165) is 11.3 Å². The molecule has 1 aromatic rings. The standard InChI is InChI=1S/C15H23N3O2S/c1-10(2)7-11(8-16)15(20)18-12-5-3-4-6-13(12)21-9-14(17)19/h3-6,10-11H,7-9,16H2,1-2H3,(H2,17,19)(H,18,20). The van der Waals surface area contributed by atoms with Crippen LogP contribution in [0.15, 0.2) is 29.2 Å². The van der Waals surface area contributed by atoms with Gasteiger partial charge in [-0.15, -0.1) is 11.8 Å². The van der Waals surface area contributed by atoms with Crippen molar-refractivity contribution in [3.8, 4) is 0 Å². The number of thioether (sulfide) groups is 1. The summed E-state index contributed by atoms with van der Waals surface area (Å²) >= 11 is 1.31. The molecular formula is C15H23N3O2S. The highest BCUT2D eigenvalue weighted by molar-refractivity contribution is 8.00. The summed E-state index contributed by atoms with van der Waals surface area (Å²) in [6, 6.07) is 7.35. The molecule has 0 aliphatic heterocycles. The van der Waals surface area contributed by atoms with Gasteiger partial charge in [-0.1, -0.05) is 26.0 Å². The highest BCUT2D eigenvalue weighted by atomic mass is 32.2. The van der Waals surface area contributed by atoms with Crippen molar-refractivity contribution in [2.75, 3.05) is 17.6 Å². The Labute approximate surface area is 129 Å².